The van der Waals surface area contributed by atoms with Crippen LogP contribution in [0.15, 0.2) is 12.1 Å². The van der Waals surface area contributed by atoms with Crippen LogP contribution in [0.3, 0.4) is 0 Å². The van der Waals surface area contributed by atoms with E-state index >= 15 is 0 Å². The van der Waals surface area contributed by atoms with Crippen LogP contribution in [0.2, 0.25) is 0 Å². The Hall–Kier alpha value is -1.55. The Balaban J connectivity index is 3.00. The number of hydrogen-bond acceptors (Lipinski definition) is 4. The Morgan fingerprint density at radius 1 is 1.32 bits per heavy atom. The van der Waals surface area contributed by atoms with Gasteiger partial charge in [0.1, 0.15) is 5.75 Å². The maximum absolute atomic E-state index is 11.3. The molecule has 19 heavy (non-hydrogen) atoms. The Morgan fingerprint density at radius 2 is 2.00 bits per heavy atom. The summed E-state index contributed by atoms with van der Waals surface area (Å²) in [7, 11) is 4.97. The van der Waals surface area contributed by atoms with Crippen LogP contribution in [0.4, 0.5) is 0 Å². The summed E-state index contributed by atoms with van der Waals surface area (Å²) >= 11 is 0. The fourth-order valence-corrected chi connectivity index (χ4v) is 2.35. The molecule has 4 heteroatoms. The topological polar surface area (TPSA) is 47.6 Å². The van der Waals surface area contributed by atoms with Gasteiger partial charge in [0.2, 0.25) is 0 Å². The number of benzene rings is 1. The lowest BCUT2D eigenvalue weighted by Crippen LogP contribution is -2.20. The molecule has 1 rings (SSSR count). The van der Waals surface area contributed by atoms with Crippen molar-refractivity contribution in [2.45, 2.75) is 32.7 Å². The third-order valence-electron chi connectivity index (χ3n) is 3.27. The first-order chi connectivity index (χ1) is 9.03. The third kappa shape index (κ3) is 3.96. The fourth-order valence-electron chi connectivity index (χ4n) is 2.35. The fraction of sp³-hybridized carbons (Fsp3) is 0.533. The highest BCUT2D eigenvalue weighted by atomic mass is 16.5. The monoisotopic (exact) mass is 265 g/mol. The molecule has 0 spiro atoms. The van der Waals surface area contributed by atoms with Gasteiger partial charge in [-0.05, 0) is 44.5 Å². The molecule has 0 saturated heterocycles. The molecule has 0 radical (unpaired) electrons. The molecule has 4 nitrogen and oxygen atoms in total. The molecule has 106 valence electrons. The lowest BCUT2D eigenvalue weighted by atomic mass is 9.95. The van der Waals surface area contributed by atoms with Crippen molar-refractivity contribution in [1.82, 2.24) is 5.32 Å². The lowest BCUT2D eigenvalue weighted by Gasteiger charge is -2.22. The Labute approximate surface area is 115 Å². The number of aryl methyl sites for hydroxylation is 2. The van der Waals surface area contributed by atoms with E-state index in [2.05, 4.69) is 23.0 Å². The second-order valence-electron chi connectivity index (χ2n) is 4.65. The first-order valence-electron chi connectivity index (χ1n) is 6.42. The predicted molar refractivity (Wildman–Crippen MR) is 75.5 cm³/mol. The van der Waals surface area contributed by atoms with Crippen LogP contribution in [0.1, 0.15) is 35.6 Å². The Kier molecular flexibility index (Phi) is 5.83. The summed E-state index contributed by atoms with van der Waals surface area (Å²) in [6.07, 6.45) is 1.07. The SMILES string of the molecule is CNC(CCC(=O)OC)c1c(C)cc(C)cc1OC. The van der Waals surface area contributed by atoms with E-state index in [0.29, 0.717) is 12.8 Å². The van der Waals surface area contributed by atoms with Gasteiger partial charge in [-0.15, -0.1) is 0 Å². The molecular weight excluding hydrogens is 242 g/mol. The molecule has 0 fully saturated rings. The molecule has 1 unspecified atom stereocenters. The van der Waals surface area contributed by atoms with Crippen LogP contribution in [0.25, 0.3) is 0 Å². The number of rotatable bonds is 6. The molecule has 0 bridgehead atoms. The van der Waals surface area contributed by atoms with Gasteiger partial charge in [-0.25, -0.2) is 0 Å². The van der Waals surface area contributed by atoms with Crippen molar-refractivity contribution in [1.29, 1.82) is 0 Å². The number of ether oxygens (including phenoxy) is 2. The molecule has 1 atom stereocenters. The Morgan fingerprint density at radius 3 is 2.53 bits per heavy atom. The second-order valence-corrected chi connectivity index (χ2v) is 4.65. The molecule has 0 heterocycles. The van der Waals surface area contributed by atoms with Crippen LogP contribution < -0.4 is 10.1 Å². The number of esters is 1. The van der Waals surface area contributed by atoms with E-state index in [0.717, 1.165) is 11.3 Å². The highest BCUT2D eigenvalue weighted by molar-refractivity contribution is 5.69. The second kappa shape index (κ2) is 7.14. The molecule has 0 aliphatic heterocycles. The number of nitrogens with one attached hydrogen (secondary N) is 1. The first-order valence-corrected chi connectivity index (χ1v) is 6.42. The summed E-state index contributed by atoms with van der Waals surface area (Å²) in [6, 6.07) is 4.22. The van der Waals surface area contributed by atoms with Gasteiger partial charge in [-0.3, -0.25) is 4.79 Å². The van der Waals surface area contributed by atoms with E-state index in [1.54, 1.807) is 7.11 Å². The maximum Gasteiger partial charge on any atom is 0.305 e. The van der Waals surface area contributed by atoms with E-state index < -0.39 is 0 Å². The lowest BCUT2D eigenvalue weighted by molar-refractivity contribution is -0.140. The van der Waals surface area contributed by atoms with E-state index in [1.807, 2.05) is 20.0 Å². The van der Waals surface area contributed by atoms with Gasteiger partial charge < -0.3 is 14.8 Å². The molecule has 1 aromatic rings. The van der Waals surface area contributed by atoms with E-state index in [1.165, 1.54) is 18.2 Å². The molecule has 0 aliphatic carbocycles. The van der Waals surface area contributed by atoms with E-state index in [4.69, 9.17) is 4.74 Å². The molecule has 0 amide bonds. The van der Waals surface area contributed by atoms with Crippen LogP contribution in [-0.2, 0) is 9.53 Å². The van der Waals surface area contributed by atoms with Crippen molar-refractivity contribution in [3.05, 3.63) is 28.8 Å². The van der Waals surface area contributed by atoms with Gasteiger partial charge in [0, 0.05) is 18.0 Å². The van der Waals surface area contributed by atoms with Crippen molar-refractivity contribution in [3.63, 3.8) is 0 Å². The van der Waals surface area contributed by atoms with Crippen LogP contribution >= 0.6 is 0 Å². The number of carbonyl (C=O) groups excluding carboxylic acids is 1. The molecule has 1 aromatic carbocycles. The summed E-state index contributed by atoms with van der Waals surface area (Å²) in [4.78, 5) is 11.3. The standard InChI is InChI=1S/C15H23NO3/c1-10-8-11(2)15(13(9-10)18-4)12(16-3)6-7-14(17)19-5/h8-9,12,16H,6-7H2,1-5H3. The smallest absolute Gasteiger partial charge is 0.305 e. The molecule has 0 aromatic heterocycles. The maximum atomic E-state index is 11.3. The molecular formula is C15H23NO3. The van der Waals surface area contributed by atoms with Gasteiger partial charge in [-0.1, -0.05) is 6.07 Å². The molecule has 0 aliphatic rings. The van der Waals surface area contributed by atoms with Gasteiger partial charge in [0.15, 0.2) is 0 Å². The normalized spacial score (nSPS) is 12.1. The zero-order chi connectivity index (χ0) is 14.4. The average Bonchev–Trinajstić information content (AvgIpc) is 2.40. The van der Waals surface area contributed by atoms with Gasteiger partial charge >= 0.3 is 5.97 Å². The largest absolute Gasteiger partial charge is 0.496 e. The minimum atomic E-state index is -0.191. The number of hydrogen-bond donors (Lipinski definition) is 1. The highest BCUT2D eigenvalue weighted by Gasteiger charge is 2.18. The van der Waals surface area contributed by atoms with Crippen molar-refractivity contribution in [2.24, 2.45) is 0 Å². The molecule has 0 saturated carbocycles. The van der Waals surface area contributed by atoms with Gasteiger partial charge in [-0.2, -0.15) is 0 Å². The minimum Gasteiger partial charge on any atom is -0.496 e. The Bertz CT molecular complexity index is 443. The summed E-state index contributed by atoms with van der Waals surface area (Å²) in [6.45, 7) is 4.11. The number of carbonyl (C=O) groups is 1. The van der Waals surface area contributed by atoms with Crippen molar-refractivity contribution >= 4 is 5.97 Å². The minimum absolute atomic E-state index is 0.0784. The van der Waals surface area contributed by atoms with E-state index in [-0.39, 0.29) is 12.0 Å². The third-order valence-corrected chi connectivity index (χ3v) is 3.27. The molecule has 1 N–H and O–H groups in total. The van der Waals surface area contributed by atoms with E-state index in [9.17, 15) is 4.79 Å². The van der Waals surface area contributed by atoms with Gasteiger partial charge in [0.25, 0.3) is 0 Å². The van der Waals surface area contributed by atoms with Crippen molar-refractivity contribution in [2.75, 3.05) is 21.3 Å². The van der Waals surface area contributed by atoms with Crippen molar-refractivity contribution in [3.8, 4) is 5.75 Å². The van der Waals surface area contributed by atoms with Crippen LogP contribution in [0, 0.1) is 13.8 Å². The quantitative estimate of drug-likeness (QED) is 0.803. The summed E-state index contributed by atoms with van der Waals surface area (Å²) in [5.41, 5.74) is 3.45. The summed E-state index contributed by atoms with van der Waals surface area (Å²) < 4.78 is 10.2. The predicted octanol–water partition coefficient (Wildman–Crippen LogP) is 2.53. The number of methoxy groups -OCH3 is 2. The summed E-state index contributed by atoms with van der Waals surface area (Å²) in [5, 5.41) is 3.25. The summed E-state index contributed by atoms with van der Waals surface area (Å²) in [5.74, 6) is 0.672. The zero-order valence-corrected chi connectivity index (χ0v) is 12.4. The van der Waals surface area contributed by atoms with Crippen molar-refractivity contribution < 1.29 is 14.3 Å². The van der Waals surface area contributed by atoms with Crippen LogP contribution in [0.5, 0.6) is 5.75 Å². The van der Waals surface area contributed by atoms with Gasteiger partial charge in [0.05, 0.1) is 14.2 Å². The first kappa shape index (κ1) is 15.5. The average molecular weight is 265 g/mol. The zero-order valence-electron chi connectivity index (χ0n) is 12.4. The van der Waals surface area contributed by atoms with Crippen LogP contribution in [-0.4, -0.2) is 27.2 Å². The highest BCUT2D eigenvalue weighted by Crippen LogP contribution is 2.32.